The van der Waals surface area contributed by atoms with Gasteiger partial charge in [-0.1, -0.05) is 0 Å². The maximum atomic E-state index is 12.8. The Morgan fingerprint density at radius 2 is 2.07 bits per heavy atom. The second-order valence-electron chi connectivity index (χ2n) is 7.57. The largest absolute Gasteiger partial charge is 0.388 e. The number of anilines is 1. The Bertz CT molecular complexity index is 1170. The molecule has 2 unspecified atom stereocenters. The van der Waals surface area contributed by atoms with Crippen LogP contribution in [0.25, 0.3) is 11.0 Å². The maximum Gasteiger partial charge on any atom is 0.270 e. The molecule has 0 bridgehead atoms. The molecule has 0 aromatic carbocycles. The number of nitriles is 1. The van der Waals surface area contributed by atoms with E-state index in [1.165, 1.54) is 27.4 Å². The SMILES string of the molecule is CS(=O)(=O)N1CCC(Nc2ncc3cc(C#N)c(=O)n(C4COCC4O)c3n2)CC1. The fourth-order valence-electron chi connectivity index (χ4n) is 3.87. The molecule has 2 aromatic rings. The number of aromatic nitrogens is 3. The van der Waals surface area contributed by atoms with Gasteiger partial charge in [-0.3, -0.25) is 9.36 Å². The maximum absolute atomic E-state index is 12.8. The molecular formula is C18H22N6O5S. The standard InChI is InChI=1S/C18H22N6O5S/c1-30(27,28)23-4-2-13(3-5-23)21-18-20-8-12-6-11(7-19)17(26)24(16(12)22-18)14-9-29-10-15(14)25/h6,8,13-15,25H,2-5,9-10H2,1H3,(H,20,21,22). The Morgan fingerprint density at radius 3 is 2.67 bits per heavy atom. The van der Waals surface area contributed by atoms with E-state index in [1.54, 1.807) is 0 Å². The predicted molar refractivity (Wildman–Crippen MR) is 107 cm³/mol. The van der Waals surface area contributed by atoms with Crippen molar-refractivity contribution in [2.24, 2.45) is 0 Å². The van der Waals surface area contributed by atoms with Crippen LogP contribution in [0.5, 0.6) is 0 Å². The smallest absolute Gasteiger partial charge is 0.270 e. The number of fused-ring (bicyclic) bond motifs is 1. The molecule has 2 aliphatic heterocycles. The molecule has 0 spiro atoms. The van der Waals surface area contributed by atoms with E-state index in [0.29, 0.717) is 42.9 Å². The van der Waals surface area contributed by atoms with Gasteiger partial charge in [0.1, 0.15) is 23.4 Å². The van der Waals surface area contributed by atoms with Gasteiger partial charge in [0.05, 0.1) is 25.5 Å². The Labute approximate surface area is 173 Å². The lowest BCUT2D eigenvalue weighted by atomic mass is 10.1. The molecule has 12 heteroatoms. The lowest BCUT2D eigenvalue weighted by Crippen LogP contribution is -2.42. The van der Waals surface area contributed by atoms with Crippen LogP contribution in [-0.2, 0) is 14.8 Å². The lowest BCUT2D eigenvalue weighted by molar-refractivity contribution is 0.119. The lowest BCUT2D eigenvalue weighted by Gasteiger charge is -2.30. The van der Waals surface area contributed by atoms with Crippen LogP contribution in [0.1, 0.15) is 24.4 Å². The van der Waals surface area contributed by atoms with E-state index in [2.05, 4.69) is 15.3 Å². The molecule has 11 nitrogen and oxygen atoms in total. The average molecular weight is 434 g/mol. The van der Waals surface area contributed by atoms with Gasteiger partial charge in [0.25, 0.3) is 5.56 Å². The first kappa shape index (κ1) is 20.7. The molecule has 0 saturated carbocycles. The van der Waals surface area contributed by atoms with Crippen LogP contribution in [0.2, 0.25) is 0 Å². The molecule has 2 N–H and O–H groups in total. The summed E-state index contributed by atoms with van der Waals surface area (Å²) in [4.78, 5) is 21.6. The highest BCUT2D eigenvalue weighted by molar-refractivity contribution is 7.88. The van der Waals surface area contributed by atoms with Crippen LogP contribution in [0.4, 0.5) is 5.95 Å². The van der Waals surface area contributed by atoms with Gasteiger partial charge in [-0.15, -0.1) is 0 Å². The van der Waals surface area contributed by atoms with Crippen molar-refractivity contribution < 1.29 is 18.3 Å². The van der Waals surface area contributed by atoms with Crippen LogP contribution in [-0.4, -0.2) is 77.1 Å². The third-order valence-electron chi connectivity index (χ3n) is 5.50. The predicted octanol–water partition coefficient (Wildman–Crippen LogP) is -0.569. The molecule has 2 atom stereocenters. The number of pyridine rings is 1. The molecular weight excluding hydrogens is 412 g/mol. The third-order valence-corrected chi connectivity index (χ3v) is 6.81. The molecule has 160 valence electrons. The first-order valence-corrected chi connectivity index (χ1v) is 11.4. The molecule has 0 amide bonds. The van der Waals surface area contributed by atoms with Crippen molar-refractivity contribution >= 4 is 27.0 Å². The van der Waals surface area contributed by atoms with Crippen molar-refractivity contribution in [3.63, 3.8) is 0 Å². The van der Waals surface area contributed by atoms with E-state index in [1.807, 2.05) is 6.07 Å². The van der Waals surface area contributed by atoms with Crippen molar-refractivity contribution in [1.29, 1.82) is 5.26 Å². The number of aliphatic hydroxyl groups excluding tert-OH is 1. The normalized spacial score (nSPS) is 23.5. The number of rotatable bonds is 4. The van der Waals surface area contributed by atoms with Crippen LogP contribution in [0.15, 0.2) is 17.1 Å². The average Bonchev–Trinajstić information content (AvgIpc) is 3.13. The first-order chi connectivity index (χ1) is 14.3. The zero-order valence-corrected chi connectivity index (χ0v) is 17.2. The minimum absolute atomic E-state index is 0.0144. The summed E-state index contributed by atoms with van der Waals surface area (Å²) in [5, 5.41) is 23.2. The molecule has 2 fully saturated rings. The number of hydrogen-bond acceptors (Lipinski definition) is 9. The summed E-state index contributed by atoms with van der Waals surface area (Å²) in [6.07, 6.45) is 3.04. The van der Waals surface area contributed by atoms with Crippen molar-refractivity contribution in [3.8, 4) is 6.07 Å². The molecule has 30 heavy (non-hydrogen) atoms. The van der Waals surface area contributed by atoms with Gasteiger partial charge in [-0.05, 0) is 18.9 Å². The van der Waals surface area contributed by atoms with E-state index in [-0.39, 0.29) is 24.8 Å². The minimum atomic E-state index is -3.21. The second-order valence-corrected chi connectivity index (χ2v) is 9.55. The molecule has 0 aliphatic carbocycles. The van der Waals surface area contributed by atoms with Crippen molar-refractivity contribution in [2.75, 3.05) is 37.9 Å². The Kier molecular flexibility index (Phi) is 5.46. The van der Waals surface area contributed by atoms with E-state index in [9.17, 15) is 23.6 Å². The number of aliphatic hydroxyl groups is 1. The summed E-state index contributed by atoms with van der Waals surface area (Å²) in [6.45, 7) is 1.06. The molecule has 0 radical (unpaired) electrons. The summed E-state index contributed by atoms with van der Waals surface area (Å²) in [7, 11) is -3.21. The number of sulfonamides is 1. The highest BCUT2D eigenvalue weighted by atomic mass is 32.2. The summed E-state index contributed by atoms with van der Waals surface area (Å²) in [6, 6.07) is 2.66. The molecule has 2 aliphatic rings. The molecule has 2 saturated heterocycles. The van der Waals surface area contributed by atoms with Crippen LogP contribution in [0.3, 0.4) is 0 Å². The summed E-state index contributed by atoms with van der Waals surface area (Å²) < 4.78 is 31.4. The minimum Gasteiger partial charge on any atom is -0.388 e. The number of hydrogen-bond donors (Lipinski definition) is 2. The summed E-state index contributed by atoms with van der Waals surface area (Å²) in [5.41, 5.74) is -0.288. The third kappa shape index (κ3) is 3.89. The fourth-order valence-corrected chi connectivity index (χ4v) is 4.74. The molecule has 4 heterocycles. The first-order valence-electron chi connectivity index (χ1n) is 9.58. The topological polar surface area (TPSA) is 150 Å². The van der Waals surface area contributed by atoms with Crippen LogP contribution in [0, 0.1) is 11.3 Å². The van der Waals surface area contributed by atoms with Gasteiger partial charge >= 0.3 is 0 Å². The van der Waals surface area contributed by atoms with Crippen molar-refractivity contribution in [2.45, 2.75) is 31.0 Å². The monoisotopic (exact) mass is 434 g/mol. The van der Waals surface area contributed by atoms with Gasteiger partial charge in [0, 0.05) is 30.7 Å². The summed E-state index contributed by atoms with van der Waals surface area (Å²) >= 11 is 0. The van der Waals surface area contributed by atoms with Gasteiger partial charge < -0.3 is 15.2 Å². The van der Waals surface area contributed by atoms with Crippen LogP contribution >= 0.6 is 0 Å². The molecule has 4 rings (SSSR count). The van der Waals surface area contributed by atoms with Crippen molar-refractivity contribution in [1.82, 2.24) is 18.8 Å². The molecule has 2 aromatic heterocycles. The van der Waals surface area contributed by atoms with E-state index in [0.717, 1.165) is 0 Å². The number of nitrogens with zero attached hydrogens (tertiary/aromatic N) is 5. The highest BCUT2D eigenvalue weighted by Crippen LogP contribution is 2.24. The number of piperidine rings is 1. The van der Waals surface area contributed by atoms with Gasteiger partial charge in [0.2, 0.25) is 16.0 Å². The zero-order valence-electron chi connectivity index (χ0n) is 16.4. The number of ether oxygens (including phenoxy) is 1. The van der Waals surface area contributed by atoms with Crippen LogP contribution < -0.4 is 10.9 Å². The summed E-state index contributed by atoms with van der Waals surface area (Å²) in [5.74, 6) is 0.298. The van der Waals surface area contributed by atoms with Gasteiger partial charge in [0.15, 0.2) is 0 Å². The van der Waals surface area contributed by atoms with Gasteiger partial charge in [-0.25, -0.2) is 17.7 Å². The van der Waals surface area contributed by atoms with E-state index < -0.39 is 27.7 Å². The number of nitrogens with one attached hydrogen (secondary N) is 1. The Hall–Kier alpha value is -2.59. The van der Waals surface area contributed by atoms with E-state index in [4.69, 9.17) is 4.74 Å². The Balaban J connectivity index is 1.65. The fraction of sp³-hybridized carbons (Fsp3) is 0.556. The Morgan fingerprint density at radius 1 is 1.33 bits per heavy atom. The van der Waals surface area contributed by atoms with E-state index >= 15 is 0 Å². The second kappa shape index (κ2) is 7.92. The zero-order chi connectivity index (χ0) is 21.5. The quantitative estimate of drug-likeness (QED) is 0.645. The van der Waals surface area contributed by atoms with Gasteiger partial charge in [-0.2, -0.15) is 10.2 Å². The van der Waals surface area contributed by atoms with Crippen molar-refractivity contribution in [3.05, 3.63) is 28.2 Å². The highest BCUT2D eigenvalue weighted by Gasteiger charge is 2.31.